The predicted octanol–water partition coefficient (Wildman–Crippen LogP) is 11.9. The molecule has 1 unspecified atom stereocenters. The summed E-state index contributed by atoms with van der Waals surface area (Å²) in [4.78, 5) is 35.0. The van der Waals surface area contributed by atoms with Crippen molar-refractivity contribution in [2.45, 2.75) is 193 Å². The molecule has 0 rings (SSSR count). The molecule has 0 bridgehead atoms. The Bertz CT molecular complexity index is 1130. The first-order valence-corrected chi connectivity index (χ1v) is 23.7. The van der Waals surface area contributed by atoms with Crippen LogP contribution in [0.15, 0.2) is 60.8 Å². The first-order chi connectivity index (χ1) is 27.7. The van der Waals surface area contributed by atoms with Gasteiger partial charge in [0.25, 0.3) is 0 Å². The van der Waals surface area contributed by atoms with Crippen molar-refractivity contribution < 1.29 is 47.8 Å². The standard InChI is InChI=1S/C46H81O10P/c1-3-5-7-9-11-13-15-17-19-21-23-25-27-29-31-33-35-37-45(49)53-41-44(42-55-57(51,52)54-40-43(48)39-47)56-46(50)38-36-34-32-30-28-26-24-22-20-18-16-14-12-10-8-6-4-2/h11,13-14,16-17,19,23,25,29,31,43-44,47-48H,3-10,12,15,18,20-22,24,26-28,30,32-42H2,1-2H3,(H,51,52)/b13-11+,16-14+,19-17+,25-23+,31-29+/t43-,44+/m0/s1. The van der Waals surface area contributed by atoms with E-state index in [1.54, 1.807) is 0 Å². The van der Waals surface area contributed by atoms with Crippen molar-refractivity contribution in [1.29, 1.82) is 0 Å². The Morgan fingerprint density at radius 3 is 1.47 bits per heavy atom. The van der Waals surface area contributed by atoms with Gasteiger partial charge in [0.1, 0.15) is 12.7 Å². The molecule has 0 aromatic carbocycles. The van der Waals surface area contributed by atoms with Crippen LogP contribution in [0, 0.1) is 0 Å². The first kappa shape index (κ1) is 54.7. The number of unbranched alkanes of at least 4 members (excludes halogenated alkanes) is 17. The molecule has 330 valence electrons. The fourth-order valence-electron chi connectivity index (χ4n) is 5.69. The summed E-state index contributed by atoms with van der Waals surface area (Å²) in [6.45, 7) is 2.28. The van der Waals surface area contributed by atoms with Crippen LogP contribution in [-0.4, -0.2) is 65.7 Å². The highest BCUT2D eigenvalue weighted by Crippen LogP contribution is 2.43. The van der Waals surface area contributed by atoms with Gasteiger partial charge in [0, 0.05) is 12.8 Å². The maximum absolute atomic E-state index is 12.6. The number of phosphoric ester groups is 1. The van der Waals surface area contributed by atoms with Crippen LogP contribution in [0.25, 0.3) is 0 Å². The average Bonchev–Trinajstić information content (AvgIpc) is 3.20. The normalized spacial score (nSPS) is 14.4. The van der Waals surface area contributed by atoms with Gasteiger partial charge >= 0.3 is 19.8 Å². The first-order valence-electron chi connectivity index (χ1n) is 22.2. The Morgan fingerprint density at radius 2 is 0.930 bits per heavy atom. The van der Waals surface area contributed by atoms with Crippen molar-refractivity contribution in [2.24, 2.45) is 0 Å². The van der Waals surface area contributed by atoms with E-state index in [4.69, 9.17) is 19.1 Å². The van der Waals surface area contributed by atoms with E-state index in [0.717, 1.165) is 44.9 Å². The van der Waals surface area contributed by atoms with E-state index >= 15 is 0 Å². The van der Waals surface area contributed by atoms with Crippen molar-refractivity contribution in [3.8, 4) is 0 Å². The van der Waals surface area contributed by atoms with E-state index in [1.807, 2.05) is 6.08 Å². The van der Waals surface area contributed by atoms with Crippen LogP contribution in [0.2, 0.25) is 0 Å². The highest BCUT2D eigenvalue weighted by molar-refractivity contribution is 7.47. The topological polar surface area (TPSA) is 149 Å². The number of allylic oxidation sites excluding steroid dienone is 10. The van der Waals surface area contributed by atoms with Gasteiger partial charge in [-0.1, -0.05) is 152 Å². The van der Waals surface area contributed by atoms with Crippen LogP contribution in [0.5, 0.6) is 0 Å². The van der Waals surface area contributed by atoms with E-state index in [9.17, 15) is 24.2 Å². The maximum atomic E-state index is 12.6. The zero-order valence-corrected chi connectivity index (χ0v) is 36.7. The van der Waals surface area contributed by atoms with Gasteiger partial charge in [-0.3, -0.25) is 18.6 Å². The lowest BCUT2D eigenvalue weighted by atomic mass is 10.1. The summed E-state index contributed by atoms with van der Waals surface area (Å²) in [5.41, 5.74) is 0. The summed E-state index contributed by atoms with van der Waals surface area (Å²) in [6, 6.07) is 0. The molecule has 0 saturated heterocycles. The second kappa shape index (κ2) is 41.8. The molecule has 0 aliphatic heterocycles. The lowest BCUT2D eigenvalue weighted by molar-refractivity contribution is -0.161. The number of carbonyl (C=O) groups excluding carboxylic acids is 2. The third-order valence-corrected chi connectivity index (χ3v) is 10.1. The quantitative estimate of drug-likeness (QED) is 0.0235. The zero-order valence-electron chi connectivity index (χ0n) is 35.8. The third kappa shape index (κ3) is 41.6. The molecule has 0 radical (unpaired) electrons. The molecular weight excluding hydrogens is 743 g/mol. The van der Waals surface area contributed by atoms with Gasteiger partial charge in [0.15, 0.2) is 6.10 Å². The molecule has 3 N–H and O–H groups in total. The second-order valence-corrected chi connectivity index (χ2v) is 16.2. The van der Waals surface area contributed by atoms with Crippen LogP contribution in [-0.2, 0) is 32.7 Å². The summed E-state index contributed by atoms with van der Waals surface area (Å²) in [5, 5.41) is 18.3. The number of aliphatic hydroxyl groups is 2. The smallest absolute Gasteiger partial charge is 0.462 e. The number of hydrogen-bond acceptors (Lipinski definition) is 9. The van der Waals surface area contributed by atoms with Crippen LogP contribution < -0.4 is 0 Å². The fraction of sp³-hybridized carbons (Fsp3) is 0.739. The van der Waals surface area contributed by atoms with Crippen molar-refractivity contribution in [2.75, 3.05) is 26.4 Å². The molecule has 0 aliphatic carbocycles. The summed E-state index contributed by atoms with van der Waals surface area (Å²) in [7, 11) is -4.63. The van der Waals surface area contributed by atoms with Crippen LogP contribution >= 0.6 is 7.82 Å². The Kier molecular flexibility index (Phi) is 40.1. The molecule has 0 amide bonds. The molecular formula is C46H81O10P. The maximum Gasteiger partial charge on any atom is 0.472 e. The summed E-state index contributed by atoms with van der Waals surface area (Å²) >= 11 is 0. The van der Waals surface area contributed by atoms with Crippen molar-refractivity contribution in [3.63, 3.8) is 0 Å². The number of rotatable bonds is 41. The lowest BCUT2D eigenvalue weighted by Crippen LogP contribution is -2.29. The van der Waals surface area contributed by atoms with E-state index in [0.29, 0.717) is 19.3 Å². The molecule has 0 aromatic heterocycles. The van der Waals surface area contributed by atoms with Gasteiger partial charge in [-0.2, -0.15) is 0 Å². The van der Waals surface area contributed by atoms with Crippen molar-refractivity contribution in [3.05, 3.63) is 60.8 Å². The van der Waals surface area contributed by atoms with Crippen molar-refractivity contribution in [1.82, 2.24) is 0 Å². The number of hydrogen-bond donors (Lipinski definition) is 3. The van der Waals surface area contributed by atoms with Gasteiger partial charge in [0.05, 0.1) is 19.8 Å². The molecule has 0 aliphatic rings. The number of carbonyl (C=O) groups is 2. The molecule has 3 atom stereocenters. The highest BCUT2D eigenvalue weighted by atomic mass is 31.2. The Labute approximate surface area is 346 Å². The van der Waals surface area contributed by atoms with Gasteiger partial charge < -0.3 is 24.6 Å². The second-order valence-electron chi connectivity index (χ2n) is 14.7. The van der Waals surface area contributed by atoms with E-state index < -0.39 is 51.8 Å². The lowest BCUT2D eigenvalue weighted by Gasteiger charge is -2.20. The van der Waals surface area contributed by atoms with Gasteiger partial charge in [-0.25, -0.2) is 4.57 Å². The number of phosphoric acid groups is 1. The number of aliphatic hydroxyl groups excluding tert-OH is 2. The predicted molar refractivity (Wildman–Crippen MR) is 233 cm³/mol. The molecule has 57 heavy (non-hydrogen) atoms. The molecule has 10 nitrogen and oxygen atoms in total. The molecule has 0 spiro atoms. The fourth-order valence-corrected chi connectivity index (χ4v) is 6.48. The minimum Gasteiger partial charge on any atom is -0.462 e. The summed E-state index contributed by atoms with van der Waals surface area (Å²) in [5.74, 6) is -0.994. The zero-order chi connectivity index (χ0) is 41.9. The minimum atomic E-state index is -4.63. The third-order valence-electron chi connectivity index (χ3n) is 9.14. The van der Waals surface area contributed by atoms with Gasteiger partial charge in [0.2, 0.25) is 0 Å². The molecule has 0 aromatic rings. The largest absolute Gasteiger partial charge is 0.472 e. The van der Waals surface area contributed by atoms with E-state index in [-0.39, 0.29) is 19.4 Å². The van der Waals surface area contributed by atoms with Crippen molar-refractivity contribution >= 4 is 19.8 Å². The van der Waals surface area contributed by atoms with Gasteiger partial charge in [-0.05, 0) is 77.0 Å². The Hall–Kier alpha value is -2.33. The summed E-state index contributed by atoms with van der Waals surface area (Å²) in [6.07, 6.45) is 46.2. The number of esters is 2. The SMILES string of the molecule is CCCCC/C=C/C/C=C/C/C=C/C/C=C/CCCC(=O)OC[C@H](COP(=O)(O)OC[C@@H](O)CO)OC(=O)CCCCCCCCCCC/C=C/CCCCCC. The Balaban J connectivity index is 4.38. The number of ether oxygens (including phenoxy) is 2. The molecule has 0 heterocycles. The summed E-state index contributed by atoms with van der Waals surface area (Å²) < 4.78 is 32.7. The van der Waals surface area contributed by atoms with E-state index in [1.165, 1.54) is 89.9 Å². The van der Waals surface area contributed by atoms with Crippen LogP contribution in [0.1, 0.15) is 181 Å². The van der Waals surface area contributed by atoms with Crippen LogP contribution in [0.4, 0.5) is 0 Å². The molecule has 0 saturated carbocycles. The Morgan fingerprint density at radius 1 is 0.526 bits per heavy atom. The van der Waals surface area contributed by atoms with Gasteiger partial charge in [-0.15, -0.1) is 0 Å². The monoisotopic (exact) mass is 825 g/mol. The molecule has 11 heteroatoms. The minimum absolute atomic E-state index is 0.163. The average molecular weight is 825 g/mol. The van der Waals surface area contributed by atoms with Crippen LogP contribution in [0.3, 0.4) is 0 Å². The van der Waals surface area contributed by atoms with E-state index in [2.05, 4.69) is 73.1 Å². The highest BCUT2D eigenvalue weighted by Gasteiger charge is 2.27. The molecule has 0 fully saturated rings.